The van der Waals surface area contributed by atoms with E-state index in [9.17, 15) is 0 Å². The molecule has 1 N–H and O–H groups in total. The second-order valence-corrected chi connectivity index (χ2v) is 3.63. The lowest BCUT2D eigenvalue weighted by molar-refractivity contribution is 0.334. The van der Waals surface area contributed by atoms with Gasteiger partial charge >= 0.3 is 0 Å². The van der Waals surface area contributed by atoms with Gasteiger partial charge in [-0.1, -0.05) is 6.08 Å². The Kier molecular flexibility index (Phi) is 1.34. The Morgan fingerprint density at radius 2 is 2.30 bits per heavy atom. The predicted octanol–water partition coefficient (Wildman–Crippen LogP) is 1.85. The van der Waals surface area contributed by atoms with Crippen molar-refractivity contribution >= 4 is 0 Å². The summed E-state index contributed by atoms with van der Waals surface area (Å²) in [5, 5.41) is 3.64. The molecule has 2 aliphatic heterocycles. The van der Waals surface area contributed by atoms with E-state index in [0.717, 1.165) is 6.04 Å². The minimum absolute atomic E-state index is 0.350. The lowest BCUT2D eigenvalue weighted by Crippen LogP contribution is -2.44. The summed E-state index contributed by atoms with van der Waals surface area (Å²) in [6.45, 7) is 3.89. The Bertz CT molecular complexity index is 149. The van der Waals surface area contributed by atoms with Crippen LogP contribution in [0.5, 0.6) is 0 Å². The SMILES string of the molecule is C=CC12CCCC(CC1)N2. The molecule has 0 aromatic carbocycles. The fraction of sp³-hybridized carbons (Fsp3) is 0.778. The molecule has 56 valence electrons. The normalized spacial score (nSPS) is 45.4. The van der Waals surface area contributed by atoms with E-state index in [-0.39, 0.29) is 0 Å². The smallest absolute Gasteiger partial charge is 0.0364 e. The molecule has 2 atom stereocenters. The Balaban J connectivity index is 2.16. The standard InChI is InChI=1S/C9H15N/c1-2-9-6-3-4-8(10-9)5-7-9/h2,8,10H,1,3-7H2. The average Bonchev–Trinajstić information content (AvgIpc) is 2.29. The lowest BCUT2D eigenvalue weighted by Gasteiger charge is -2.31. The van der Waals surface area contributed by atoms with E-state index in [1.54, 1.807) is 0 Å². The third kappa shape index (κ3) is 0.807. The Morgan fingerprint density at radius 1 is 1.40 bits per heavy atom. The fourth-order valence-electron chi connectivity index (χ4n) is 2.32. The highest BCUT2D eigenvalue weighted by Gasteiger charge is 2.38. The van der Waals surface area contributed by atoms with Crippen molar-refractivity contribution in [1.82, 2.24) is 5.32 Å². The molecule has 2 unspecified atom stereocenters. The van der Waals surface area contributed by atoms with Crippen molar-refractivity contribution in [3.8, 4) is 0 Å². The molecule has 0 aromatic rings. The number of rotatable bonds is 1. The summed E-state index contributed by atoms with van der Waals surface area (Å²) in [7, 11) is 0. The molecule has 2 heterocycles. The summed E-state index contributed by atoms with van der Waals surface area (Å²) in [5.74, 6) is 0. The van der Waals surface area contributed by atoms with Crippen molar-refractivity contribution in [3.05, 3.63) is 12.7 Å². The largest absolute Gasteiger partial charge is 0.305 e. The molecule has 0 spiro atoms. The number of fused-ring (bicyclic) bond motifs is 2. The van der Waals surface area contributed by atoms with Crippen molar-refractivity contribution in [1.29, 1.82) is 0 Å². The van der Waals surface area contributed by atoms with Crippen LogP contribution < -0.4 is 5.32 Å². The van der Waals surface area contributed by atoms with Crippen LogP contribution in [0.1, 0.15) is 32.1 Å². The zero-order chi connectivity index (χ0) is 7.03. The summed E-state index contributed by atoms with van der Waals surface area (Å²) in [5.41, 5.74) is 0.350. The van der Waals surface area contributed by atoms with Crippen LogP contribution in [0.15, 0.2) is 12.7 Å². The maximum atomic E-state index is 3.89. The number of hydrogen-bond donors (Lipinski definition) is 1. The predicted molar refractivity (Wildman–Crippen MR) is 42.9 cm³/mol. The highest BCUT2D eigenvalue weighted by atomic mass is 15.0. The van der Waals surface area contributed by atoms with Gasteiger partial charge in [0.1, 0.15) is 0 Å². The molecule has 2 bridgehead atoms. The number of piperidine rings is 1. The van der Waals surface area contributed by atoms with Gasteiger partial charge in [0.2, 0.25) is 0 Å². The molecule has 1 heteroatoms. The maximum Gasteiger partial charge on any atom is 0.0364 e. The van der Waals surface area contributed by atoms with Crippen LogP contribution in [0.3, 0.4) is 0 Å². The van der Waals surface area contributed by atoms with E-state index < -0.39 is 0 Å². The molecule has 0 aliphatic carbocycles. The fourth-order valence-corrected chi connectivity index (χ4v) is 2.32. The van der Waals surface area contributed by atoms with E-state index in [4.69, 9.17) is 0 Å². The molecular formula is C9H15N. The van der Waals surface area contributed by atoms with Crippen molar-refractivity contribution in [2.24, 2.45) is 0 Å². The minimum atomic E-state index is 0.350. The van der Waals surface area contributed by atoms with Crippen LogP contribution >= 0.6 is 0 Å². The average molecular weight is 137 g/mol. The Morgan fingerprint density at radius 3 is 3.00 bits per heavy atom. The molecule has 0 saturated carbocycles. The first-order valence-corrected chi connectivity index (χ1v) is 4.26. The summed E-state index contributed by atoms with van der Waals surface area (Å²) in [6, 6.07) is 0.812. The first-order valence-electron chi connectivity index (χ1n) is 4.26. The number of hydrogen-bond acceptors (Lipinski definition) is 1. The molecule has 1 nitrogen and oxygen atoms in total. The van der Waals surface area contributed by atoms with Gasteiger partial charge in [-0.2, -0.15) is 0 Å². The Labute approximate surface area is 62.5 Å². The third-order valence-corrected chi connectivity index (χ3v) is 3.00. The molecular weight excluding hydrogens is 122 g/mol. The van der Waals surface area contributed by atoms with Gasteiger partial charge in [0.15, 0.2) is 0 Å². The van der Waals surface area contributed by atoms with Crippen molar-refractivity contribution in [2.45, 2.75) is 43.7 Å². The highest BCUT2D eigenvalue weighted by molar-refractivity contribution is 5.10. The van der Waals surface area contributed by atoms with Crippen molar-refractivity contribution < 1.29 is 0 Å². The van der Waals surface area contributed by atoms with Gasteiger partial charge in [0.05, 0.1) is 0 Å². The van der Waals surface area contributed by atoms with E-state index >= 15 is 0 Å². The molecule has 2 saturated heterocycles. The van der Waals surface area contributed by atoms with E-state index in [0.29, 0.717) is 5.54 Å². The minimum Gasteiger partial charge on any atom is -0.305 e. The van der Waals surface area contributed by atoms with E-state index in [1.165, 1.54) is 32.1 Å². The summed E-state index contributed by atoms with van der Waals surface area (Å²) in [4.78, 5) is 0. The van der Waals surface area contributed by atoms with Gasteiger partial charge in [-0.3, -0.25) is 0 Å². The van der Waals surface area contributed by atoms with Gasteiger partial charge in [0.25, 0.3) is 0 Å². The van der Waals surface area contributed by atoms with Crippen LogP contribution in [-0.2, 0) is 0 Å². The van der Waals surface area contributed by atoms with Crippen LogP contribution in [0.25, 0.3) is 0 Å². The summed E-state index contributed by atoms with van der Waals surface area (Å²) < 4.78 is 0. The number of nitrogens with one attached hydrogen (secondary N) is 1. The molecule has 0 aromatic heterocycles. The molecule has 0 amide bonds. The van der Waals surface area contributed by atoms with Crippen molar-refractivity contribution in [2.75, 3.05) is 0 Å². The molecule has 0 radical (unpaired) electrons. The van der Waals surface area contributed by atoms with Crippen molar-refractivity contribution in [3.63, 3.8) is 0 Å². The van der Waals surface area contributed by atoms with Crippen LogP contribution in [0, 0.1) is 0 Å². The lowest BCUT2D eigenvalue weighted by atomic mass is 9.91. The first kappa shape index (κ1) is 6.41. The van der Waals surface area contributed by atoms with Gasteiger partial charge in [-0.05, 0) is 32.1 Å². The Hall–Kier alpha value is -0.300. The topological polar surface area (TPSA) is 12.0 Å². The van der Waals surface area contributed by atoms with Crippen LogP contribution in [-0.4, -0.2) is 11.6 Å². The van der Waals surface area contributed by atoms with E-state index in [2.05, 4.69) is 18.0 Å². The second-order valence-electron chi connectivity index (χ2n) is 3.63. The quantitative estimate of drug-likeness (QED) is 0.544. The highest BCUT2D eigenvalue weighted by Crippen LogP contribution is 2.35. The van der Waals surface area contributed by atoms with Gasteiger partial charge < -0.3 is 5.32 Å². The monoisotopic (exact) mass is 137 g/mol. The van der Waals surface area contributed by atoms with Gasteiger partial charge in [0, 0.05) is 11.6 Å². The van der Waals surface area contributed by atoms with Crippen LogP contribution in [0.2, 0.25) is 0 Å². The van der Waals surface area contributed by atoms with E-state index in [1.807, 2.05) is 0 Å². The first-order chi connectivity index (χ1) is 4.85. The summed E-state index contributed by atoms with van der Waals surface area (Å²) in [6.07, 6.45) is 8.89. The maximum absolute atomic E-state index is 3.89. The zero-order valence-electron chi connectivity index (χ0n) is 6.40. The third-order valence-electron chi connectivity index (χ3n) is 3.00. The molecule has 2 aliphatic rings. The zero-order valence-corrected chi connectivity index (χ0v) is 6.40. The second kappa shape index (κ2) is 2.09. The molecule has 10 heavy (non-hydrogen) atoms. The van der Waals surface area contributed by atoms with Crippen LogP contribution in [0.4, 0.5) is 0 Å². The molecule has 2 fully saturated rings. The molecule has 2 rings (SSSR count). The summed E-state index contributed by atoms with van der Waals surface area (Å²) >= 11 is 0. The van der Waals surface area contributed by atoms with Gasteiger partial charge in [-0.25, -0.2) is 0 Å². The van der Waals surface area contributed by atoms with Gasteiger partial charge in [-0.15, -0.1) is 6.58 Å².